The number of benzene rings is 2. The van der Waals surface area contributed by atoms with Crippen molar-refractivity contribution in [1.29, 1.82) is 0 Å². The van der Waals surface area contributed by atoms with Crippen LogP contribution < -0.4 is 0 Å². The van der Waals surface area contributed by atoms with Crippen LogP contribution in [0.15, 0.2) is 114 Å². The Bertz CT molecular complexity index is 1910. The minimum atomic E-state index is 0.655. The summed E-state index contributed by atoms with van der Waals surface area (Å²) in [6.07, 6.45) is 7.65. The zero-order valence-electron chi connectivity index (χ0n) is 20.6. The molecule has 0 saturated carbocycles. The summed E-state index contributed by atoms with van der Waals surface area (Å²) >= 11 is 3.39. The molecule has 39 heavy (non-hydrogen) atoms. The lowest BCUT2D eigenvalue weighted by molar-refractivity contribution is 0.315. The standard InChI is InChI=1S/C32H20N4OS2/c1-3-7-22(8-4-1)25-13-15-27(38-25)29-24(12-11-21-17-19-33-20-18-21)34-30(32-31(29)35-37-36-32)28-16-14-26(39-28)23-9-5-2-6-10-23/h1-20H. The van der Waals surface area contributed by atoms with Crippen molar-refractivity contribution >= 4 is 45.9 Å². The molecule has 0 fully saturated rings. The zero-order chi connectivity index (χ0) is 26.0. The molecule has 186 valence electrons. The molecule has 0 saturated heterocycles. The van der Waals surface area contributed by atoms with Crippen LogP contribution in [0.5, 0.6) is 0 Å². The summed E-state index contributed by atoms with van der Waals surface area (Å²) in [4.78, 5) is 13.7. The van der Waals surface area contributed by atoms with Crippen LogP contribution in [-0.4, -0.2) is 20.3 Å². The van der Waals surface area contributed by atoms with Gasteiger partial charge >= 0.3 is 0 Å². The van der Waals surface area contributed by atoms with Gasteiger partial charge in [-0.3, -0.25) is 4.98 Å². The number of pyridine rings is 2. The quantitative estimate of drug-likeness (QED) is 0.211. The summed E-state index contributed by atoms with van der Waals surface area (Å²) in [5, 5.41) is 8.70. The summed E-state index contributed by atoms with van der Waals surface area (Å²) in [5.41, 5.74) is 7.22. The molecule has 0 radical (unpaired) electrons. The topological polar surface area (TPSA) is 64.7 Å². The second kappa shape index (κ2) is 10.2. The van der Waals surface area contributed by atoms with Crippen LogP contribution in [0, 0.1) is 0 Å². The summed E-state index contributed by atoms with van der Waals surface area (Å²) in [6.45, 7) is 0. The number of nitrogens with zero attached hydrogens (tertiary/aromatic N) is 4. The fraction of sp³-hybridized carbons (Fsp3) is 0. The van der Waals surface area contributed by atoms with E-state index in [0.29, 0.717) is 11.0 Å². The molecule has 2 aromatic carbocycles. The minimum Gasteiger partial charge on any atom is -0.265 e. The third-order valence-electron chi connectivity index (χ3n) is 6.39. The van der Waals surface area contributed by atoms with E-state index in [0.717, 1.165) is 32.3 Å². The molecule has 0 bridgehead atoms. The lowest BCUT2D eigenvalue weighted by Crippen LogP contribution is -1.93. The molecular formula is C32H20N4OS2. The molecule has 0 aliphatic carbocycles. The maximum atomic E-state index is 5.33. The Labute approximate surface area is 232 Å². The first-order valence-corrected chi connectivity index (χ1v) is 14.0. The third-order valence-corrected chi connectivity index (χ3v) is 8.68. The lowest BCUT2D eigenvalue weighted by atomic mass is 10.1. The van der Waals surface area contributed by atoms with E-state index in [1.165, 1.54) is 20.9 Å². The first-order valence-electron chi connectivity index (χ1n) is 12.4. The fourth-order valence-corrected chi connectivity index (χ4v) is 6.56. The second-order valence-electron chi connectivity index (χ2n) is 8.86. The molecule has 0 N–H and O–H groups in total. The van der Waals surface area contributed by atoms with Gasteiger partial charge in [0.2, 0.25) is 0 Å². The number of hydrogen-bond donors (Lipinski definition) is 0. The van der Waals surface area contributed by atoms with E-state index in [4.69, 9.17) is 9.61 Å². The van der Waals surface area contributed by atoms with E-state index in [1.807, 2.05) is 48.6 Å². The van der Waals surface area contributed by atoms with Crippen molar-refractivity contribution in [3.63, 3.8) is 0 Å². The van der Waals surface area contributed by atoms with Crippen LogP contribution in [0.3, 0.4) is 0 Å². The van der Waals surface area contributed by atoms with Crippen LogP contribution in [0.4, 0.5) is 0 Å². The van der Waals surface area contributed by atoms with Crippen molar-refractivity contribution in [3.8, 4) is 41.9 Å². The first-order chi connectivity index (χ1) is 19.3. The van der Waals surface area contributed by atoms with Crippen molar-refractivity contribution in [2.45, 2.75) is 0 Å². The highest BCUT2D eigenvalue weighted by molar-refractivity contribution is 7.19. The predicted molar refractivity (Wildman–Crippen MR) is 160 cm³/mol. The van der Waals surface area contributed by atoms with Crippen molar-refractivity contribution in [3.05, 3.63) is 121 Å². The van der Waals surface area contributed by atoms with Crippen LogP contribution in [0.1, 0.15) is 11.3 Å². The maximum Gasteiger partial charge on any atom is 0.163 e. The van der Waals surface area contributed by atoms with Crippen LogP contribution in [0.25, 0.3) is 65.1 Å². The van der Waals surface area contributed by atoms with Gasteiger partial charge in [-0.15, -0.1) is 22.7 Å². The van der Waals surface area contributed by atoms with E-state index in [2.05, 4.69) is 76.0 Å². The summed E-state index contributed by atoms with van der Waals surface area (Å²) < 4.78 is 5.33. The fourth-order valence-electron chi connectivity index (χ4n) is 4.50. The highest BCUT2D eigenvalue weighted by Crippen LogP contribution is 2.43. The Balaban J connectivity index is 1.40. The van der Waals surface area contributed by atoms with Gasteiger partial charge in [-0.2, -0.15) is 0 Å². The van der Waals surface area contributed by atoms with Gasteiger partial charge in [0.15, 0.2) is 5.52 Å². The minimum absolute atomic E-state index is 0.655. The van der Waals surface area contributed by atoms with E-state index in [-0.39, 0.29) is 0 Å². The number of aromatic nitrogens is 4. The molecule has 5 aromatic heterocycles. The van der Waals surface area contributed by atoms with E-state index >= 15 is 0 Å². The maximum absolute atomic E-state index is 5.33. The number of hydrogen-bond acceptors (Lipinski definition) is 7. The summed E-state index contributed by atoms with van der Waals surface area (Å²) in [5.74, 6) is 0. The first kappa shape index (κ1) is 23.4. The van der Waals surface area contributed by atoms with Gasteiger partial charge in [-0.05, 0) is 69.5 Å². The molecule has 0 aliphatic rings. The highest BCUT2D eigenvalue weighted by atomic mass is 32.1. The van der Waals surface area contributed by atoms with Gasteiger partial charge in [0, 0.05) is 32.6 Å². The number of fused-ring (bicyclic) bond motifs is 1. The molecule has 7 aromatic rings. The van der Waals surface area contributed by atoms with Gasteiger partial charge in [-0.1, -0.05) is 66.7 Å². The summed E-state index contributed by atoms with van der Waals surface area (Å²) in [6, 6.07) is 33.2. The molecule has 0 aliphatic heterocycles. The van der Waals surface area contributed by atoms with E-state index in [1.54, 1.807) is 35.1 Å². The van der Waals surface area contributed by atoms with Gasteiger partial charge in [0.1, 0.15) is 11.2 Å². The average Bonchev–Trinajstić information content (AvgIpc) is 3.78. The van der Waals surface area contributed by atoms with Crippen LogP contribution in [-0.2, 0) is 0 Å². The molecule has 0 atom stereocenters. The monoisotopic (exact) mass is 540 g/mol. The van der Waals surface area contributed by atoms with Crippen molar-refractivity contribution in [2.24, 2.45) is 0 Å². The Morgan fingerprint density at radius 3 is 1.85 bits per heavy atom. The predicted octanol–water partition coefficient (Wildman–Crippen LogP) is 8.97. The molecule has 5 heterocycles. The van der Waals surface area contributed by atoms with E-state index in [9.17, 15) is 0 Å². The number of rotatable bonds is 6. The normalized spacial score (nSPS) is 11.5. The molecule has 0 amide bonds. The van der Waals surface area contributed by atoms with E-state index < -0.39 is 0 Å². The van der Waals surface area contributed by atoms with Crippen molar-refractivity contribution in [2.75, 3.05) is 0 Å². The van der Waals surface area contributed by atoms with Gasteiger partial charge in [0.25, 0.3) is 0 Å². The zero-order valence-corrected chi connectivity index (χ0v) is 22.2. The molecular weight excluding hydrogens is 521 g/mol. The molecule has 5 nitrogen and oxygen atoms in total. The number of thiophene rings is 2. The highest BCUT2D eigenvalue weighted by Gasteiger charge is 2.22. The Kier molecular flexibility index (Phi) is 6.13. The summed E-state index contributed by atoms with van der Waals surface area (Å²) in [7, 11) is 0. The molecule has 7 heteroatoms. The Morgan fingerprint density at radius 1 is 0.564 bits per heavy atom. The molecule has 0 spiro atoms. The average molecular weight is 541 g/mol. The van der Waals surface area contributed by atoms with Gasteiger partial charge < -0.3 is 0 Å². The Morgan fingerprint density at radius 2 is 1.15 bits per heavy atom. The third kappa shape index (κ3) is 4.58. The SMILES string of the molecule is C(=Cc1nc(-c2ccc(-c3ccccc3)s2)c2nonc2c1-c1ccc(-c2ccccc2)s1)c1ccncc1. The lowest BCUT2D eigenvalue weighted by Gasteiger charge is -2.07. The molecule has 0 unspecified atom stereocenters. The van der Waals surface area contributed by atoms with Gasteiger partial charge in [0.05, 0.1) is 10.6 Å². The van der Waals surface area contributed by atoms with Crippen LogP contribution >= 0.6 is 22.7 Å². The molecule has 7 rings (SSSR count). The van der Waals surface area contributed by atoms with Crippen LogP contribution in [0.2, 0.25) is 0 Å². The smallest absolute Gasteiger partial charge is 0.163 e. The van der Waals surface area contributed by atoms with Crippen molar-refractivity contribution in [1.82, 2.24) is 20.3 Å². The Hall–Kier alpha value is -4.72. The van der Waals surface area contributed by atoms with Gasteiger partial charge in [-0.25, -0.2) is 9.61 Å². The largest absolute Gasteiger partial charge is 0.265 e. The second-order valence-corrected chi connectivity index (χ2v) is 11.0. The van der Waals surface area contributed by atoms with Crippen molar-refractivity contribution < 1.29 is 4.63 Å².